The number of hydrogen-bond donors (Lipinski definition) is 2. The summed E-state index contributed by atoms with van der Waals surface area (Å²) in [4.78, 5) is 28.6. The molecule has 0 unspecified atom stereocenters. The molecule has 2 aromatic heterocycles. The Balaban J connectivity index is 1.88. The second-order valence-corrected chi connectivity index (χ2v) is 6.47. The number of carbonyl (C=O) groups is 1. The first-order valence-electron chi connectivity index (χ1n) is 9.35. The van der Waals surface area contributed by atoms with Gasteiger partial charge in [0.15, 0.2) is 5.75 Å². The smallest absolute Gasteiger partial charge is 0.414 e. The molecule has 3 rings (SSSR count). The fraction of sp³-hybridized carbons (Fsp3) is 0.286. The summed E-state index contributed by atoms with van der Waals surface area (Å²) >= 11 is 0. The van der Waals surface area contributed by atoms with E-state index in [1.165, 1.54) is 31.2 Å². The molecule has 31 heavy (non-hydrogen) atoms. The highest BCUT2D eigenvalue weighted by Gasteiger charge is 2.16. The van der Waals surface area contributed by atoms with E-state index in [9.17, 15) is 14.7 Å². The molecule has 0 aliphatic heterocycles. The van der Waals surface area contributed by atoms with Gasteiger partial charge in [0.05, 0.1) is 32.8 Å². The number of nitrogens with one attached hydrogen (secondary N) is 1. The number of rotatable bonds is 8. The maximum atomic E-state index is 12.9. The summed E-state index contributed by atoms with van der Waals surface area (Å²) in [5.41, 5.74) is 0.406. The summed E-state index contributed by atoms with van der Waals surface area (Å²) in [6.45, 7) is 0.789. The summed E-state index contributed by atoms with van der Waals surface area (Å²) in [6.07, 6.45) is 2.01. The largest absolute Gasteiger partial charge is 0.503 e. The number of fused-ring (bicyclic) bond motifs is 1. The predicted molar refractivity (Wildman–Crippen MR) is 112 cm³/mol. The molecule has 2 N–H and O–H groups in total. The van der Waals surface area contributed by atoms with E-state index in [2.05, 4.69) is 10.3 Å². The number of pyridine rings is 2. The minimum absolute atomic E-state index is 0.180. The third-order valence-corrected chi connectivity index (χ3v) is 4.57. The van der Waals surface area contributed by atoms with Crippen LogP contribution in [0.2, 0.25) is 0 Å². The Morgan fingerprint density at radius 1 is 1.16 bits per heavy atom. The molecule has 0 spiro atoms. The lowest BCUT2D eigenvalue weighted by Crippen LogP contribution is -2.30. The van der Waals surface area contributed by atoms with Crippen LogP contribution in [0.25, 0.3) is 10.8 Å². The van der Waals surface area contributed by atoms with Crippen molar-refractivity contribution in [3.8, 4) is 23.1 Å². The molecule has 0 radical (unpaired) electrons. The van der Waals surface area contributed by atoms with E-state index in [1.807, 2.05) is 6.07 Å². The van der Waals surface area contributed by atoms with Gasteiger partial charge in [-0.2, -0.15) is 0 Å². The highest BCUT2D eigenvalue weighted by molar-refractivity contribution is 5.89. The minimum atomic E-state index is -0.792. The van der Waals surface area contributed by atoms with Gasteiger partial charge in [0.25, 0.3) is 11.4 Å². The van der Waals surface area contributed by atoms with Crippen molar-refractivity contribution in [2.45, 2.75) is 6.54 Å². The number of benzene rings is 1. The average Bonchev–Trinajstić information content (AvgIpc) is 2.78. The van der Waals surface area contributed by atoms with Crippen LogP contribution in [-0.4, -0.2) is 55.2 Å². The number of nitrogens with zero attached hydrogens (tertiary/aromatic N) is 2. The Kier molecular flexibility index (Phi) is 6.93. The van der Waals surface area contributed by atoms with Crippen LogP contribution in [0.5, 0.6) is 23.1 Å². The highest BCUT2D eigenvalue weighted by atomic mass is 16.6. The van der Waals surface area contributed by atoms with Crippen LogP contribution in [0.4, 0.5) is 4.79 Å². The normalized spacial score (nSPS) is 10.7. The van der Waals surface area contributed by atoms with Gasteiger partial charge in [-0.25, -0.2) is 9.78 Å². The fourth-order valence-corrected chi connectivity index (χ4v) is 2.97. The molecule has 0 saturated carbocycles. The van der Waals surface area contributed by atoms with Crippen molar-refractivity contribution < 1.29 is 28.8 Å². The second kappa shape index (κ2) is 9.81. The van der Waals surface area contributed by atoms with Gasteiger partial charge >= 0.3 is 6.09 Å². The fourth-order valence-electron chi connectivity index (χ4n) is 2.97. The van der Waals surface area contributed by atoms with Crippen molar-refractivity contribution in [1.82, 2.24) is 14.9 Å². The first-order valence-corrected chi connectivity index (χ1v) is 9.35. The molecule has 3 aromatic rings. The van der Waals surface area contributed by atoms with Crippen molar-refractivity contribution in [2.24, 2.45) is 0 Å². The Morgan fingerprint density at radius 3 is 2.68 bits per heavy atom. The number of aromatic hydroxyl groups is 1. The third-order valence-electron chi connectivity index (χ3n) is 4.57. The average molecular weight is 429 g/mol. The van der Waals surface area contributed by atoms with Crippen molar-refractivity contribution in [1.29, 1.82) is 0 Å². The van der Waals surface area contributed by atoms with Crippen LogP contribution in [0, 0.1) is 0 Å². The molecule has 0 bridgehead atoms. The summed E-state index contributed by atoms with van der Waals surface area (Å²) in [5, 5.41) is 13.3. The Labute approximate surface area is 177 Å². The quantitative estimate of drug-likeness (QED) is 0.521. The molecule has 2 heterocycles. The van der Waals surface area contributed by atoms with Gasteiger partial charge in [-0.05, 0) is 18.2 Å². The van der Waals surface area contributed by atoms with Crippen LogP contribution < -0.4 is 25.1 Å². The molecule has 10 heteroatoms. The molecule has 1 amide bonds. The second-order valence-electron chi connectivity index (χ2n) is 6.47. The van der Waals surface area contributed by atoms with Gasteiger partial charge in [-0.15, -0.1) is 0 Å². The van der Waals surface area contributed by atoms with E-state index in [-0.39, 0.29) is 35.3 Å². The third kappa shape index (κ3) is 4.86. The van der Waals surface area contributed by atoms with Crippen molar-refractivity contribution in [3.63, 3.8) is 0 Å². The van der Waals surface area contributed by atoms with Crippen molar-refractivity contribution in [2.75, 3.05) is 34.5 Å². The molecule has 164 valence electrons. The maximum absolute atomic E-state index is 12.9. The van der Waals surface area contributed by atoms with Crippen molar-refractivity contribution >= 4 is 16.9 Å². The van der Waals surface area contributed by atoms with Gasteiger partial charge in [-0.1, -0.05) is 0 Å². The molecule has 0 aliphatic rings. The lowest BCUT2D eigenvalue weighted by molar-refractivity contribution is 0.178. The van der Waals surface area contributed by atoms with Crippen LogP contribution >= 0.6 is 0 Å². The maximum Gasteiger partial charge on any atom is 0.414 e. The van der Waals surface area contributed by atoms with Gasteiger partial charge in [0.1, 0.15) is 11.5 Å². The topological polar surface area (TPSA) is 121 Å². The van der Waals surface area contributed by atoms with Crippen molar-refractivity contribution in [3.05, 3.63) is 52.6 Å². The monoisotopic (exact) mass is 429 g/mol. The zero-order valence-corrected chi connectivity index (χ0v) is 17.4. The molecule has 0 saturated heterocycles. The molecule has 1 aromatic carbocycles. The highest BCUT2D eigenvalue weighted by Crippen LogP contribution is 2.31. The number of aromatic nitrogens is 2. The van der Waals surface area contributed by atoms with Crippen LogP contribution in [0.1, 0.15) is 5.56 Å². The van der Waals surface area contributed by atoms with Gasteiger partial charge in [0, 0.05) is 43.1 Å². The van der Waals surface area contributed by atoms with Crippen LogP contribution in [0.15, 0.2) is 41.5 Å². The number of carbonyl (C=O) groups excluding carboxylic acids is 1. The molecule has 0 atom stereocenters. The molecular weight excluding hydrogens is 406 g/mol. The number of amides is 1. The summed E-state index contributed by atoms with van der Waals surface area (Å²) in [7, 11) is 4.60. The summed E-state index contributed by atoms with van der Waals surface area (Å²) in [5.74, 6) is 0.525. The van der Waals surface area contributed by atoms with Gasteiger partial charge in [0.2, 0.25) is 0 Å². The standard InChI is InChI=1S/C21H23N3O7/c1-28-9-7-22-21(27)31-19-18(25)15-6-8-24(20(26)16(15)11-23-19)12-13-4-5-14(29-2)10-17(13)30-3/h4-6,8,10-11,25H,7,9,12H2,1-3H3,(H,22,27). The first kappa shape index (κ1) is 21.9. The zero-order valence-electron chi connectivity index (χ0n) is 17.4. The Morgan fingerprint density at radius 2 is 1.97 bits per heavy atom. The molecular formula is C21H23N3O7. The molecule has 10 nitrogen and oxygen atoms in total. The van der Waals surface area contributed by atoms with E-state index in [4.69, 9.17) is 18.9 Å². The first-order chi connectivity index (χ1) is 15.0. The number of hydrogen-bond acceptors (Lipinski definition) is 8. The van der Waals surface area contributed by atoms with E-state index >= 15 is 0 Å². The minimum Gasteiger partial charge on any atom is -0.503 e. The number of ether oxygens (including phenoxy) is 4. The molecule has 0 fully saturated rings. The Bertz CT molecular complexity index is 1140. The predicted octanol–water partition coefficient (Wildman–Crippen LogP) is 1.90. The SMILES string of the molecule is COCCNC(=O)Oc1ncc2c(=O)n(Cc3ccc(OC)cc3OC)ccc2c1O. The number of methoxy groups -OCH3 is 3. The lowest BCUT2D eigenvalue weighted by Gasteiger charge is -2.13. The van der Waals surface area contributed by atoms with E-state index in [0.717, 1.165) is 5.56 Å². The summed E-state index contributed by atoms with van der Waals surface area (Å²) < 4.78 is 21.9. The van der Waals surface area contributed by atoms with Gasteiger partial charge in [-0.3, -0.25) is 4.79 Å². The Hall–Kier alpha value is -3.79. The van der Waals surface area contributed by atoms with Crippen LogP contribution in [-0.2, 0) is 11.3 Å². The molecule has 0 aliphatic carbocycles. The van der Waals surface area contributed by atoms with E-state index < -0.39 is 11.8 Å². The van der Waals surface area contributed by atoms with E-state index in [0.29, 0.717) is 18.1 Å². The van der Waals surface area contributed by atoms with E-state index in [1.54, 1.807) is 25.3 Å². The summed E-state index contributed by atoms with van der Waals surface area (Å²) in [6, 6.07) is 6.87. The van der Waals surface area contributed by atoms with Gasteiger partial charge < -0.3 is 33.9 Å². The lowest BCUT2D eigenvalue weighted by atomic mass is 10.1. The van der Waals surface area contributed by atoms with Crippen LogP contribution in [0.3, 0.4) is 0 Å². The zero-order chi connectivity index (χ0) is 22.4.